The summed E-state index contributed by atoms with van der Waals surface area (Å²) in [6, 6.07) is 0. The van der Waals surface area contributed by atoms with Crippen LogP contribution in [0.3, 0.4) is 0 Å². The van der Waals surface area contributed by atoms with Crippen molar-refractivity contribution >= 4 is 5.97 Å². The third-order valence-electron chi connectivity index (χ3n) is 0.909. The SMILES string of the molecule is C=CC(=O)OCCCC.OO. The molecule has 0 saturated carbocycles. The van der Waals surface area contributed by atoms with Gasteiger partial charge in [-0.05, 0) is 6.42 Å². The third-order valence-corrected chi connectivity index (χ3v) is 0.909. The molecule has 0 unspecified atom stereocenters. The topological polar surface area (TPSA) is 66.8 Å². The van der Waals surface area contributed by atoms with Gasteiger partial charge in [-0.15, -0.1) is 0 Å². The largest absolute Gasteiger partial charge is 0.463 e. The van der Waals surface area contributed by atoms with Crippen LogP contribution in [0, 0.1) is 0 Å². The zero-order valence-corrected chi connectivity index (χ0v) is 6.62. The molecule has 0 fully saturated rings. The first-order valence-corrected chi connectivity index (χ1v) is 3.30. The van der Waals surface area contributed by atoms with E-state index in [9.17, 15) is 4.79 Å². The minimum Gasteiger partial charge on any atom is -0.463 e. The van der Waals surface area contributed by atoms with Gasteiger partial charge >= 0.3 is 5.97 Å². The van der Waals surface area contributed by atoms with Crippen LogP contribution in [0.2, 0.25) is 0 Å². The van der Waals surface area contributed by atoms with E-state index in [1.165, 1.54) is 6.08 Å². The van der Waals surface area contributed by atoms with Gasteiger partial charge in [0.25, 0.3) is 0 Å². The van der Waals surface area contributed by atoms with Crippen molar-refractivity contribution in [1.29, 1.82) is 0 Å². The monoisotopic (exact) mass is 162 g/mol. The Morgan fingerprint density at radius 3 is 2.55 bits per heavy atom. The van der Waals surface area contributed by atoms with Crippen LogP contribution < -0.4 is 0 Å². The summed E-state index contributed by atoms with van der Waals surface area (Å²) in [5, 5.41) is 12.0. The predicted molar refractivity (Wildman–Crippen MR) is 41.3 cm³/mol. The number of rotatable bonds is 4. The highest BCUT2D eigenvalue weighted by Gasteiger charge is 1.91. The molecule has 0 heterocycles. The van der Waals surface area contributed by atoms with Crippen LogP contribution in [0.1, 0.15) is 19.8 Å². The number of esters is 1. The summed E-state index contributed by atoms with van der Waals surface area (Å²) >= 11 is 0. The summed E-state index contributed by atoms with van der Waals surface area (Å²) in [6.07, 6.45) is 3.15. The maximum Gasteiger partial charge on any atom is 0.330 e. The molecule has 0 atom stereocenters. The number of hydrogen-bond donors (Lipinski definition) is 2. The van der Waals surface area contributed by atoms with E-state index in [1.54, 1.807) is 0 Å². The van der Waals surface area contributed by atoms with Crippen LogP contribution in [0.4, 0.5) is 0 Å². The van der Waals surface area contributed by atoms with Crippen LogP contribution in [-0.4, -0.2) is 23.1 Å². The van der Waals surface area contributed by atoms with Crippen molar-refractivity contribution in [3.63, 3.8) is 0 Å². The van der Waals surface area contributed by atoms with E-state index in [1.807, 2.05) is 6.92 Å². The van der Waals surface area contributed by atoms with Gasteiger partial charge in [-0.3, -0.25) is 10.5 Å². The Morgan fingerprint density at radius 1 is 1.64 bits per heavy atom. The van der Waals surface area contributed by atoms with Gasteiger partial charge in [-0.2, -0.15) is 0 Å². The molecule has 0 aliphatic rings. The second-order valence-electron chi connectivity index (χ2n) is 1.73. The highest BCUT2D eigenvalue weighted by atomic mass is 17.0. The molecule has 0 aromatic carbocycles. The van der Waals surface area contributed by atoms with Gasteiger partial charge in [0.05, 0.1) is 6.61 Å². The molecule has 4 heteroatoms. The summed E-state index contributed by atoms with van der Waals surface area (Å²) in [5.74, 6) is -0.330. The molecule has 0 aliphatic heterocycles. The highest BCUT2D eigenvalue weighted by molar-refractivity contribution is 5.81. The summed E-state index contributed by atoms with van der Waals surface area (Å²) in [4.78, 5) is 10.3. The Balaban J connectivity index is 0. The van der Waals surface area contributed by atoms with Crippen molar-refractivity contribution in [1.82, 2.24) is 0 Å². The molecule has 0 spiro atoms. The molecule has 0 aromatic rings. The van der Waals surface area contributed by atoms with Gasteiger partial charge in [0, 0.05) is 6.08 Å². The zero-order valence-electron chi connectivity index (χ0n) is 6.62. The summed E-state index contributed by atoms with van der Waals surface area (Å²) < 4.78 is 4.67. The number of hydrogen-bond acceptors (Lipinski definition) is 4. The minimum absolute atomic E-state index is 0.330. The van der Waals surface area contributed by atoms with Crippen molar-refractivity contribution in [2.45, 2.75) is 19.8 Å². The first kappa shape index (κ1) is 12.8. The Hall–Kier alpha value is -0.870. The van der Waals surface area contributed by atoms with E-state index >= 15 is 0 Å². The maximum atomic E-state index is 10.3. The van der Waals surface area contributed by atoms with Crippen molar-refractivity contribution in [2.75, 3.05) is 6.61 Å². The van der Waals surface area contributed by atoms with Crippen molar-refractivity contribution in [3.05, 3.63) is 12.7 Å². The Morgan fingerprint density at radius 2 is 2.18 bits per heavy atom. The van der Waals surface area contributed by atoms with E-state index < -0.39 is 0 Å². The van der Waals surface area contributed by atoms with E-state index in [0.717, 1.165) is 12.8 Å². The number of unbranched alkanes of at least 4 members (excludes halogenated alkanes) is 1. The van der Waals surface area contributed by atoms with Gasteiger partial charge in [0.2, 0.25) is 0 Å². The first-order chi connectivity index (χ1) is 5.31. The molecule has 0 radical (unpaired) electrons. The van der Waals surface area contributed by atoms with Gasteiger partial charge in [-0.25, -0.2) is 4.79 Å². The fourth-order valence-electron chi connectivity index (χ4n) is 0.376. The van der Waals surface area contributed by atoms with Gasteiger partial charge < -0.3 is 4.74 Å². The fourth-order valence-corrected chi connectivity index (χ4v) is 0.376. The molecule has 0 saturated heterocycles. The number of carbonyl (C=O) groups is 1. The normalized spacial score (nSPS) is 7.55. The van der Waals surface area contributed by atoms with Crippen LogP contribution >= 0.6 is 0 Å². The molecular formula is C7H14O4. The lowest BCUT2D eigenvalue weighted by molar-refractivity contribution is -0.176. The summed E-state index contributed by atoms with van der Waals surface area (Å²) in [7, 11) is 0. The van der Waals surface area contributed by atoms with E-state index in [-0.39, 0.29) is 5.97 Å². The quantitative estimate of drug-likeness (QED) is 0.216. The van der Waals surface area contributed by atoms with Gasteiger partial charge in [0.15, 0.2) is 0 Å². The van der Waals surface area contributed by atoms with E-state index in [0.29, 0.717) is 6.61 Å². The average molecular weight is 162 g/mol. The summed E-state index contributed by atoms with van der Waals surface area (Å²) in [5.41, 5.74) is 0. The van der Waals surface area contributed by atoms with Crippen LogP contribution in [-0.2, 0) is 9.53 Å². The molecule has 0 aromatic heterocycles. The molecular weight excluding hydrogens is 148 g/mol. The first-order valence-electron chi connectivity index (χ1n) is 3.30. The minimum atomic E-state index is -0.330. The molecule has 0 rings (SSSR count). The van der Waals surface area contributed by atoms with Crippen molar-refractivity contribution in [2.24, 2.45) is 0 Å². The van der Waals surface area contributed by atoms with Crippen LogP contribution in [0.25, 0.3) is 0 Å². The van der Waals surface area contributed by atoms with E-state index in [4.69, 9.17) is 10.5 Å². The van der Waals surface area contributed by atoms with Crippen LogP contribution in [0.15, 0.2) is 12.7 Å². The average Bonchev–Trinajstić information content (AvgIpc) is 2.08. The lowest BCUT2D eigenvalue weighted by Gasteiger charge is -1.97. The maximum absolute atomic E-state index is 10.3. The zero-order chi connectivity index (χ0) is 9.11. The molecule has 2 N–H and O–H groups in total. The number of carbonyl (C=O) groups excluding carboxylic acids is 1. The second kappa shape index (κ2) is 11.9. The number of ether oxygens (including phenoxy) is 1. The molecule has 0 amide bonds. The lowest BCUT2D eigenvalue weighted by Crippen LogP contribution is -2.00. The lowest BCUT2D eigenvalue weighted by atomic mass is 10.4. The Bertz CT molecular complexity index is 101. The standard InChI is InChI=1S/C7H12O2.H2O2/c1-3-5-6-9-7(8)4-2;1-2/h4H,2-3,5-6H2,1H3;1-2H. The molecule has 11 heavy (non-hydrogen) atoms. The van der Waals surface area contributed by atoms with Gasteiger partial charge in [-0.1, -0.05) is 19.9 Å². The molecule has 66 valence electrons. The molecule has 0 aliphatic carbocycles. The predicted octanol–water partition coefficient (Wildman–Crippen LogP) is 1.53. The van der Waals surface area contributed by atoms with Crippen molar-refractivity contribution in [3.8, 4) is 0 Å². The fraction of sp³-hybridized carbons (Fsp3) is 0.571. The van der Waals surface area contributed by atoms with Crippen molar-refractivity contribution < 1.29 is 20.0 Å². The Kier molecular flexibility index (Phi) is 13.8. The second-order valence-corrected chi connectivity index (χ2v) is 1.73. The van der Waals surface area contributed by atoms with Gasteiger partial charge in [0.1, 0.15) is 0 Å². The summed E-state index contributed by atoms with van der Waals surface area (Å²) in [6.45, 7) is 5.82. The Labute approximate surface area is 66.0 Å². The molecule has 0 bridgehead atoms. The van der Waals surface area contributed by atoms with Crippen LogP contribution in [0.5, 0.6) is 0 Å². The smallest absolute Gasteiger partial charge is 0.330 e. The third kappa shape index (κ3) is 12.4. The molecule has 4 nitrogen and oxygen atoms in total. The van der Waals surface area contributed by atoms with E-state index in [2.05, 4.69) is 11.3 Å². The highest BCUT2D eigenvalue weighted by Crippen LogP contribution is 1.88.